The summed E-state index contributed by atoms with van der Waals surface area (Å²) in [5, 5.41) is 0. The number of fused-ring (bicyclic) bond motifs is 1. The smallest absolute Gasteiger partial charge is 0.0781 e. The Bertz CT molecular complexity index is 675. The molecule has 2 aromatic heterocycles. The molecule has 25 heavy (non-hydrogen) atoms. The Kier molecular flexibility index (Phi) is 5.46. The third kappa shape index (κ3) is 4.11. The molecule has 0 aromatic carbocycles. The number of thiophene rings is 1. The van der Waals surface area contributed by atoms with Gasteiger partial charge in [0.2, 0.25) is 0 Å². The van der Waals surface area contributed by atoms with E-state index in [0.717, 1.165) is 31.9 Å². The minimum absolute atomic E-state index is 0.323. The molecule has 2 aliphatic rings. The first-order valence-corrected chi connectivity index (χ1v) is 9.99. The molecule has 0 bridgehead atoms. The highest BCUT2D eigenvalue weighted by atomic mass is 32.1. The van der Waals surface area contributed by atoms with Crippen molar-refractivity contribution in [3.63, 3.8) is 0 Å². The minimum Gasteiger partial charge on any atom is -0.376 e. The summed E-state index contributed by atoms with van der Waals surface area (Å²) in [7, 11) is 0. The van der Waals surface area contributed by atoms with Crippen LogP contribution in [-0.4, -0.2) is 41.8 Å². The summed E-state index contributed by atoms with van der Waals surface area (Å²) in [5.74, 6) is 0.509. The first-order chi connectivity index (χ1) is 12.3. The Morgan fingerprint density at radius 3 is 3.08 bits per heavy atom. The van der Waals surface area contributed by atoms with E-state index >= 15 is 0 Å². The molecule has 0 radical (unpaired) electrons. The van der Waals surface area contributed by atoms with Crippen molar-refractivity contribution < 1.29 is 9.47 Å². The predicted molar refractivity (Wildman–Crippen MR) is 99.6 cm³/mol. The van der Waals surface area contributed by atoms with Gasteiger partial charge >= 0.3 is 0 Å². The van der Waals surface area contributed by atoms with Crippen LogP contribution in [0.15, 0.2) is 36.7 Å². The molecule has 1 saturated heterocycles. The summed E-state index contributed by atoms with van der Waals surface area (Å²) < 4.78 is 12.1. The Morgan fingerprint density at radius 1 is 1.32 bits per heavy atom. The van der Waals surface area contributed by atoms with Crippen LogP contribution >= 0.6 is 11.3 Å². The van der Waals surface area contributed by atoms with Crippen molar-refractivity contribution >= 4 is 11.3 Å². The summed E-state index contributed by atoms with van der Waals surface area (Å²) in [6.45, 7) is 6.54. The van der Waals surface area contributed by atoms with Gasteiger partial charge in [-0.1, -0.05) is 6.07 Å². The molecule has 2 aromatic rings. The average Bonchev–Trinajstić information content (AvgIpc) is 3.23. The molecule has 1 saturated carbocycles. The van der Waals surface area contributed by atoms with Crippen molar-refractivity contribution in [1.29, 1.82) is 0 Å². The summed E-state index contributed by atoms with van der Waals surface area (Å²) in [5.41, 5.74) is 1.14. The number of ether oxygens (including phenoxy) is 2. The molecule has 4 nitrogen and oxygen atoms in total. The average molecular weight is 359 g/mol. The molecule has 1 aliphatic heterocycles. The van der Waals surface area contributed by atoms with Gasteiger partial charge in [0.25, 0.3) is 0 Å². The van der Waals surface area contributed by atoms with Crippen LogP contribution in [0, 0.1) is 12.8 Å². The molecule has 3 atom stereocenters. The monoisotopic (exact) mass is 358 g/mol. The zero-order chi connectivity index (χ0) is 17.1. The minimum atomic E-state index is 0.323. The van der Waals surface area contributed by atoms with E-state index in [0.29, 0.717) is 24.7 Å². The van der Waals surface area contributed by atoms with Gasteiger partial charge in [0.15, 0.2) is 0 Å². The second-order valence-corrected chi connectivity index (χ2v) is 8.47. The van der Waals surface area contributed by atoms with Crippen LogP contribution in [0.3, 0.4) is 0 Å². The Balaban J connectivity index is 1.31. The maximum atomic E-state index is 6.16. The highest BCUT2D eigenvalue weighted by molar-refractivity contribution is 7.11. The van der Waals surface area contributed by atoms with Gasteiger partial charge < -0.3 is 9.47 Å². The fourth-order valence-electron chi connectivity index (χ4n) is 4.09. The van der Waals surface area contributed by atoms with Crippen molar-refractivity contribution in [2.45, 2.75) is 45.1 Å². The number of nitrogens with zero attached hydrogens (tertiary/aromatic N) is 2. The largest absolute Gasteiger partial charge is 0.376 e. The number of morpholine rings is 1. The van der Waals surface area contributed by atoms with Crippen LogP contribution in [0.4, 0.5) is 0 Å². The topological polar surface area (TPSA) is 34.6 Å². The van der Waals surface area contributed by atoms with E-state index in [1.807, 2.05) is 23.6 Å². The molecular weight excluding hydrogens is 332 g/mol. The summed E-state index contributed by atoms with van der Waals surface area (Å²) in [4.78, 5) is 9.63. The molecule has 4 rings (SSSR count). The maximum absolute atomic E-state index is 6.16. The fourth-order valence-corrected chi connectivity index (χ4v) is 5.01. The molecule has 2 fully saturated rings. The van der Waals surface area contributed by atoms with Crippen molar-refractivity contribution in [3.8, 4) is 0 Å². The van der Waals surface area contributed by atoms with Crippen molar-refractivity contribution in [2.24, 2.45) is 5.92 Å². The van der Waals surface area contributed by atoms with Crippen LogP contribution in [0.25, 0.3) is 0 Å². The van der Waals surface area contributed by atoms with Crippen LogP contribution < -0.4 is 0 Å². The highest BCUT2D eigenvalue weighted by Crippen LogP contribution is 2.36. The molecule has 0 unspecified atom stereocenters. The number of pyridine rings is 1. The standard InChI is InChI=1S/C20H26N2O2S/c1-15-4-6-18(25-15)12-22-9-10-24-20-17(5-7-19(20)22)14-23-13-16-3-2-8-21-11-16/h2-4,6,8,11,17,19-20H,5,7,9-10,12-14H2,1H3/t17-,19+,20+/m0/s1. The van der Waals surface area contributed by atoms with E-state index in [4.69, 9.17) is 9.47 Å². The number of hydrogen-bond acceptors (Lipinski definition) is 5. The first kappa shape index (κ1) is 17.2. The Morgan fingerprint density at radius 2 is 2.28 bits per heavy atom. The summed E-state index contributed by atoms with van der Waals surface area (Å²) in [6, 6.07) is 9.06. The van der Waals surface area contributed by atoms with E-state index in [2.05, 4.69) is 35.0 Å². The molecule has 134 valence electrons. The van der Waals surface area contributed by atoms with Gasteiger partial charge in [-0.3, -0.25) is 9.88 Å². The number of aryl methyl sites for hydroxylation is 1. The van der Waals surface area contributed by atoms with Gasteiger partial charge in [-0.05, 0) is 43.5 Å². The van der Waals surface area contributed by atoms with Crippen LogP contribution in [0.2, 0.25) is 0 Å². The van der Waals surface area contributed by atoms with Gasteiger partial charge in [-0.2, -0.15) is 0 Å². The van der Waals surface area contributed by atoms with Crippen molar-refractivity contribution in [1.82, 2.24) is 9.88 Å². The number of aromatic nitrogens is 1. The van der Waals surface area contributed by atoms with E-state index in [1.54, 1.807) is 6.20 Å². The third-order valence-electron chi connectivity index (χ3n) is 5.31. The first-order valence-electron chi connectivity index (χ1n) is 9.17. The molecular formula is C20H26N2O2S. The van der Waals surface area contributed by atoms with Gasteiger partial charge in [0, 0.05) is 47.2 Å². The second kappa shape index (κ2) is 7.96. The van der Waals surface area contributed by atoms with E-state index in [9.17, 15) is 0 Å². The molecule has 0 spiro atoms. The van der Waals surface area contributed by atoms with Crippen molar-refractivity contribution in [2.75, 3.05) is 19.8 Å². The third-order valence-corrected chi connectivity index (χ3v) is 6.30. The highest BCUT2D eigenvalue weighted by Gasteiger charge is 2.42. The zero-order valence-corrected chi connectivity index (χ0v) is 15.6. The van der Waals surface area contributed by atoms with Crippen LogP contribution in [0.5, 0.6) is 0 Å². The normalized spacial score (nSPS) is 26.7. The Hall–Kier alpha value is -1.27. The van der Waals surface area contributed by atoms with Gasteiger partial charge in [0.1, 0.15) is 0 Å². The van der Waals surface area contributed by atoms with Crippen LogP contribution in [0.1, 0.15) is 28.2 Å². The van der Waals surface area contributed by atoms with Crippen LogP contribution in [-0.2, 0) is 22.6 Å². The number of hydrogen-bond donors (Lipinski definition) is 0. The lowest BCUT2D eigenvalue weighted by atomic mass is 10.0. The second-order valence-electron chi connectivity index (χ2n) is 7.10. The lowest BCUT2D eigenvalue weighted by Gasteiger charge is -2.39. The van der Waals surface area contributed by atoms with Gasteiger partial charge in [0.05, 0.1) is 25.9 Å². The van der Waals surface area contributed by atoms with Crippen molar-refractivity contribution in [3.05, 3.63) is 52.0 Å². The molecule has 5 heteroatoms. The quantitative estimate of drug-likeness (QED) is 0.789. The van der Waals surface area contributed by atoms with E-state index in [-0.39, 0.29) is 0 Å². The zero-order valence-electron chi connectivity index (χ0n) is 14.8. The predicted octanol–water partition coefficient (Wildman–Crippen LogP) is 3.65. The summed E-state index contributed by atoms with van der Waals surface area (Å²) in [6.07, 6.45) is 6.41. The lowest BCUT2D eigenvalue weighted by Crippen LogP contribution is -2.50. The molecule has 3 heterocycles. The lowest BCUT2D eigenvalue weighted by molar-refractivity contribution is -0.0889. The van der Waals surface area contributed by atoms with E-state index < -0.39 is 0 Å². The summed E-state index contributed by atoms with van der Waals surface area (Å²) >= 11 is 1.91. The van der Waals surface area contributed by atoms with Gasteiger partial charge in [-0.15, -0.1) is 11.3 Å². The SMILES string of the molecule is Cc1ccc(CN2CCO[C@@H]3[C@H](COCc4cccnc4)CC[C@H]32)s1. The Labute approximate surface area is 153 Å². The maximum Gasteiger partial charge on any atom is 0.0781 e. The molecule has 0 amide bonds. The van der Waals surface area contributed by atoms with Gasteiger partial charge in [-0.25, -0.2) is 0 Å². The fraction of sp³-hybridized carbons (Fsp3) is 0.550. The van der Waals surface area contributed by atoms with E-state index in [1.165, 1.54) is 22.6 Å². The number of rotatable bonds is 6. The molecule has 1 aliphatic carbocycles. The molecule has 0 N–H and O–H groups in total.